The van der Waals surface area contributed by atoms with Crippen molar-refractivity contribution in [3.8, 4) is 11.8 Å². The van der Waals surface area contributed by atoms with Crippen LogP contribution in [0.1, 0.15) is 36.0 Å². The molecule has 0 unspecified atom stereocenters. The molecule has 0 bridgehead atoms. The monoisotopic (exact) mass is 481 g/mol. The number of nitrogens with two attached hydrogens (primary N) is 1. The average molecular weight is 483 g/mol. The minimum atomic E-state index is -1.05. The minimum Gasteiger partial charge on any atom is -0.480 e. The van der Waals surface area contributed by atoms with Crippen molar-refractivity contribution in [3.05, 3.63) is 63.1 Å². The van der Waals surface area contributed by atoms with Gasteiger partial charge in [0.25, 0.3) is 0 Å². The number of hydrogen-bond donors (Lipinski definition) is 3. The zero-order chi connectivity index (χ0) is 21.8. The molecule has 0 radical (unpaired) electrons. The number of amides is 1. The Kier molecular flexibility index (Phi) is 8.60. The number of hydrazine groups is 1. The summed E-state index contributed by atoms with van der Waals surface area (Å²) in [4.78, 5) is 23.7. The minimum absolute atomic E-state index is 0. The number of carboxylic acid groups (broad SMARTS) is 1. The number of hydrogen-bond acceptors (Lipinski definition) is 4. The van der Waals surface area contributed by atoms with Gasteiger partial charge in [0.05, 0.1) is 12.2 Å². The largest absolute Gasteiger partial charge is 0.480 e. The molecule has 0 spiro atoms. The van der Waals surface area contributed by atoms with Crippen molar-refractivity contribution in [3.63, 3.8) is 0 Å². The SMILES string of the molecule is CC(=O)NN1c2cc(Cl)cc(Cl)c2[C@H](c2ccc(CC#CCN)cc2)C[C@H]1C(=O)O.Cl. The van der Waals surface area contributed by atoms with E-state index in [0.717, 1.165) is 16.7 Å². The van der Waals surface area contributed by atoms with Crippen LogP contribution in [0.4, 0.5) is 5.69 Å². The first-order valence-electron chi connectivity index (χ1n) is 9.34. The quantitative estimate of drug-likeness (QED) is 0.577. The molecule has 0 aliphatic carbocycles. The number of carbonyl (C=O) groups excluding carboxylic acids is 1. The molecular formula is C22H22Cl3N3O3. The standard InChI is InChI=1S/C22H21Cl2N3O3.ClH/c1-13(28)26-27-19-11-16(23)10-18(24)21(19)17(12-20(27)22(29)30)15-7-5-14(6-8-15)4-2-3-9-25;/h5-8,10-11,17,20H,4,9,12,25H2,1H3,(H,26,28)(H,29,30);1H/t17-,20-;/m0./s1. The predicted molar refractivity (Wildman–Crippen MR) is 125 cm³/mol. The fraction of sp³-hybridized carbons (Fsp3) is 0.273. The molecule has 0 aromatic heterocycles. The van der Waals surface area contributed by atoms with Gasteiger partial charge in [0.2, 0.25) is 5.91 Å². The third-order valence-corrected chi connectivity index (χ3v) is 5.45. The molecule has 6 nitrogen and oxygen atoms in total. The average Bonchev–Trinajstić information content (AvgIpc) is 2.68. The van der Waals surface area contributed by atoms with E-state index in [0.29, 0.717) is 28.7 Å². The van der Waals surface area contributed by atoms with Crippen molar-refractivity contribution in [2.24, 2.45) is 5.73 Å². The zero-order valence-corrected chi connectivity index (χ0v) is 19.0. The van der Waals surface area contributed by atoms with Crippen molar-refractivity contribution in [1.82, 2.24) is 5.43 Å². The lowest BCUT2D eigenvalue weighted by Gasteiger charge is -2.40. The van der Waals surface area contributed by atoms with E-state index in [-0.39, 0.29) is 30.7 Å². The molecule has 2 aromatic rings. The van der Waals surface area contributed by atoms with Crippen molar-refractivity contribution in [2.45, 2.75) is 31.7 Å². The van der Waals surface area contributed by atoms with Crippen LogP contribution in [-0.4, -0.2) is 29.6 Å². The molecule has 164 valence electrons. The molecule has 0 saturated carbocycles. The summed E-state index contributed by atoms with van der Waals surface area (Å²) in [7, 11) is 0. The van der Waals surface area contributed by atoms with Gasteiger partial charge in [-0.3, -0.25) is 15.2 Å². The topological polar surface area (TPSA) is 95.7 Å². The van der Waals surface area contributed by atoms with Gasteiger partial charge in [0.15, 0.2) is 0 Å². The number of fused-ring (bicyclic) bond motifs is 1. The summed E-state index contributed by atoms with van der Waals surface area (Å²) in [5, 5.41) is 11.9. The van der Waals surface area contributed by atoms with Crippen LogP contribution < -0.4 is 16.2 Å². The lowest BCUT2D eigenvalue weighted by atomic mass is 9.81. The van der Waals surface area contributed by atoms with Gasteiger partial charge >= 0.3 is 5.97 Å². The number of anilines is 1. The van der Waals surface area contributed by atoms with Crippen LogP contribution in [0, 0.1) is 11.8 Å². The van der Waals surface area contributed by atoms with Gasteiger partial charge in [-0.25, -0.2) is 4.79 Å². The van der Waals surface area contributed by atoms with Gasteiger partial charge in [0, 0.05) is 34.9 Å². The molecule has 3 rings (SSSR count). The molecule has 31 heavy (non-hydrogen) atoms. The fourth-order valence-corrected chi connectivity index (χ4v) is 4.27. The van der Waals surface area contributed by atoms with E-state index in [2.05, 4.69) is 17.3 Å². The second-order valence-corrected chi connectivity index (χ2v) is 7.82. The fourth-order valence-electron chi connectivity index (χ4n) is 3.66. The summed E-state index contributed by atoms with van der Waals surface area (Å²) in [6.07, 6.45) is 0.819. The number of halogens is 3. The van der Waals surface area contributed by atoms with E-state index in [4.69, 9.17) is 28.9 Å². The Hall–Kier alpha value is -2.43. The zero-order valence-electron chi connectivity index (χ0n) is 16.7. The second-order valence-electron chi connectivity index (χ2n) is 6.98. The highest BCUT2D eigenvalue weighted by atomic mass is 35.5. The molecule has 4 N–H and O–H groups in total. The van der Waals surface area contributed by atoms with Gasteiger partial charge < -0.3 is 10.8 Å². The van der Waals surface area contributed by atoms with E-state index in [1.54, 1.807) is 12.1 Å². The van der Waals surface area contributed by atoms with Crippen LogP contribution in [0.3, 0.4) is 0 Å². The van der Waals surface area contributed by atoms with Crippen molar-refractivity contribution < 1.29 is 14.7 Å². The van der Waals surface area contributed by atoms with Crippen molar-refractivity contribution in [2.75, 3.05) is 11.6 Å². The molecule has 0 fully saturated rings. The maximum atomic E-state index is 12.0. The number of carboxylic acids is 1. The number of rotatable bonds is 4. The molecular weight excluding hydrogens is 461 g/mol. The molecule has 2 atom stereocenters. The normalized spacial score (nSPS) is 17.0. The Morgan fingerprint density at radius 3 is 2.48 bits per heavy atom. The van der Waals surface area contributed by atoms with Crippen LogP contribution in [0.15, 0.2) is 36.4 Å². The third-order valence-electron chi connectivity index (χ3n) is 4.92. The molecule has 0 saturated heterocycles. The number of benzene rings is 2. The lowest BCUT2D eigenvalue weighted by Crippen LogP contribution is -2.54. The van der Waals surface area contributed by atoms with E-state index >= 15 is 0 Å². The van der Waals surface area contributed by atoms with Crippen LogP contribution in [0.5, 0.6) is 0 Å². The van der Waals surface area contributed by atoms with Gasteiger partial charge in [0.1, 0.15) is 6.04 Å². The van der Waals surface area contributed by atoms with Gasteiger partial charge in [-0.1, -0.05) is 59.3 Å². The molecule has 1 heterocycles. The molecule has 2 aromatic carbocycles. The van der Waals surface area contributed by atoms with Crippen LogP contribution in [-0.2, 0) is 16.0 Å². The molecule has 1 amide bonds. The highest BCUT2D eigenvalue weighted by Crippen LogP contribution is 2.46. The van der Waals surface area contributed by atoms with Gasteiger partial charge in [-0.05, 0) is 29.7 Å². The summed E-state index contributed by atoms with van der Waals surface area (Å²) in [6, 6.07) is 10.1. The lowest BCUT2D eigenvalue weighted by molar-refractivity contribution is -0.139. The van der Waals surface area contributed by atoms with Crippen molar-refractivity contribution in [1.29, 1.82) is 0 Å². The first kappa shape index (κ1) is 24.8. The molecule has 1 aliphatic heterocycles. The number of nitrogens with one attached hydrogen (secondary N) is 1. The Morgan fingerprint density at radius 2 is 1.90 bits per heavy atom. The third kappa shape index (κ3) is 5.63. The summed E-state index contributed by atoms with van der Waals surface area (Å²) in [5.74, 6) is 4.11. The number of aliphatic carboxylic acids is 1. The van der Waals surface area contributed by atoms with E-state index in [1.807, 2.05) is 24.3 Å². The summed E-state index contributed by atoms with van der Waals surface area (Å²) in [5.41, 5.74) is 11.2. The van der Waals surface area contributed by atoms with Gasteiger partial charge in [-0.2, -0.15) is 0 Å². The van der Waals surface area contributed by atoms with E-state index in [1.165, 1.54) is 11.9 Å². The maximum Gasteiger partial charge on any atom is 0.328 e. The summed E-state index contributed by atoms with van der Waals surface area (Å²) in [6.45, 7) is 1.64. The highest BCUT2D eigenvalue weighted by molar-refractivity contribution is 6.35. The van der Waals surface area contributed by atoms with E-state index in [9.17, 15) is 14.7 Å². The van der Waals surface area contributed by atoms with Crippen LogP contribution in [0.25, 0.3) is 0 Å². The van der Waals surface area contributed by atoms with Gasteiger partial charge in [-0.15, -0.1) is 12.4 Å². The Morgan fingerprint density at radius 1 is 1.23 bits per heavy atom. The Labute approximate surface area is 197 Å². The van der Waals surface area contributed by atoms with E-state index < -0.39 is 12.0 Å². The predicted octanol–water partition coefficient (Wildman–Crippen LogP) is 3.77. The Bertz CT molecular complexity index is 1030. The number of carbonyl (C=O) groups is 2. The van der Waals surface area contributed by atoms with Crippen molar-refractivity contribution >= 4 is 53.2 Å². The van der Waals surface area contributed by atoms with Crippen LogP contribution in [0.2, 0.25) is 10.0 Å². The first-order valence-corrected chi connectivity index (χ1v) is 10.1. The maximum absolute atomic E-state index is 12.0. The molecule has 1 aliphatic rings. The van der Waals surface area contributed by atoms with Crippen LogP contribution >= 0.6 is 35.6 Å². The Balaban J connectivity index is 0.00000341. The first-order chi connectivity index (χ1) is 14.3. The highest BCUT2D eigenvalue weighted by Gasteiger charge is 2.39. The summed E-state index contributed by atoms with van der Waals surface area (Å²) < 4.78 is 0. The smallest absolute Gasteiger partial charge is 0.328 e. The number of nitrogens with zero attached hydrogens (tertiary/aromatic N) is 1. The molecule has 9 heteroatoms. The summed E-state index contributed by atoms with van der Waals surface area (Å²) >= 11 is 12.7. The second kappa shape index (κ2) is 10.7.